The van der Waals surface area contributed by atoms with Crippen LogP contribution < -0.4 is 0 Å². The minimum Gasteiger partial charge on any atom is -0.308 e. The first-order valence-corrected chi connectivity index (χ1v) is 17.1. The summed E-state index contributed by atoms with van der Waals surface area (Å²) >= 11 is 0. The lowest BCUT2D eigenvalue weighted by atomic mass is 9.97. The fraction of sp³-hybridized carbons (Fsp3) is 0.0909. The Kier molecular flexibility index (Phi) is 8.31. The summed E-state index contributed by atoms with van der Waals surface area (Å²) in [7, 11) is 0. The zero-order valence-electron chi connectivity index (χ0n) is 30.1. The van der Waals surface area contributed by atoms with E-state index in [1.54, 1.807) is 24.3 Å². The van der Waals surface area contributed by atoms with E-state index in [1.165, 1.54) is 0 Å². The number of hydrogen-bond donors (Lipinski definition) is 0. The van der Waals surface area contributed by atoms with Crippen LogP contribution in [-0.2, 0) is 0 Å². The molecule has 8 rings (SSSR count). The summed E-state index contributed by atoms with van der Waals surface area (Å²) in [5, 5.41) is 21.4. The van der Waals surface area contributed by atoms with Gasteiger partial charge in [-0.1, -0.05) is 30.3 Å². The van der Waals surface area contributed by atoms with E-state index in [0.717, 1.165) is 49.7 Å². The number of aryl methyl sites for hydroxylation is 4. The monoisotopic (exact) mass is 709 g/mol. The standard InChI is InChI=1S/C44H27N11/c1-24-49-25(2)52-43(51-24)31-10-16-42(38(21-31)44-53-26(3)50-27(4)54-44)55-40-14-8-29(34-13-11-33(47-5)18-32(34)23-46)19-36(40)37-20-30(9-15-41(37)55)35-12-7-28(22-45)17-39(35)48-6/h7-21H,1-4H3. The van der Waals surface area contributed by atoms with Crippen molar-refractivity contribution in [3.8, 4) is 62.9 Å². The van der Waals surface area contributed by atoms with E-state index in [2.05, 4.69) is 58.5 Å². The van der Waals surface area contributed by atoms with E-state index in [1.807, 2.05) is 82.3 Å². The molecular weight excluding hydrogens is 683 g/mol. The lowest BCUT2D eigenvalue weighted by molar-refractivity contribution is 0.924. The molecule has 0 fully saturated rings. The van der Waals surface area contributed by atoms with Crippen molar-refractivity contribution in [3.05, 3.63) is 148 Å². The quantitative estimate of drug-likeness (QED) is 0.161. The molecule has 0 aliphatic rings. The molecule has 0 saturated heterocycles. The number of fused-ring (bicyclic) bond motifs is 3. The van der Waals surface area contributed by atoms with Gasteiger partial charge < -0.3 is 4.57 Å². The first kappa shape index (κ1) is 34.0. The van der Waals surface area contributed by atoms with Gasteiger partial charge in [-0.2, -0.15) is 10.5 Å². The second kappa shape index (κ2) is 13.5. The van der Waals surface area contributed by atoms with Crippen LogP contribution in [0.5, 0.6) is 0 Å². The summed E-state index contributed by atoms with van der Waals surface area (Å²) in [5.41, 5.74) is 8.68. The van der Waals surface area contributed by atoms with Crippen molar-refractivity contribution in [1.29, 1.82) is 10.5 Å². The molecule has 0 radical (unpaired) electrons. The van der Waals surface area contributed by atoms with Gasteiger partial charge in [-0.25, -0.2) is 39.6 Å². The molecule has 5 aromatic carbocycles. The smallest absolute Gasteiger partial charge is 0.196 e. The lowest BCUT2D eigenvalue weighted by Crippen LogP contribution is -2.04. The maximum atomic E-state index is 10.1. The van der Waals surface area contributed by atoms with Crippen molar-refractivity contribution in [3.63, 3.8) is 0 Å². The number of aromatic nitrogens is 7. The molecule has 0 spiro atoms. The summed E-state index contributed by atoms with van der Waals surface area (Å²) in [6, 6.07) is 32.8. The molecule has 11 heteroatoms. The van der Waals surface area contributed by atoms with Gasteiger partial charge in [0.05, 0.1) is 42.0 Å². The molecule has 3 heterocycles. The molecule has 0 atom stereocenters. The van der Waals surface area contributed by atoms with E-state index in [-0.39, 0.29) is 0 Å². The molecule has 3 aromatic heterocycles. The number of benzene rings is 5. The van der Waals surface area contributed by atoms with Gasteiger partial charge in [0, 0.05) is 33.0 Å². The van der Waals surface area contributed by atoms with Crippen molar-refractivity contribution >= 4 is 33.2 Å². The van der Waals surface area contributed by atoms with Gasteiger partial charge in [-0.05, 0) is 111 Å². The first-order chi connectivity index (χ1) is 26.7. The Morgan fingerprint density at radius 3 is 1.69 bits per heavy atom. The van der Waals surface area contributed by atoms with Gasteiger partial charge >= 0.3 is 0 Å². The van der Waals surface area contributed by atoms with Crippen molar-refractivity contribution in [2.24, 2.45) is 0 Å². The zero-order chi connectivity index (χ0) is 38.4. The van der Waals surface area contributed by atoms with E-state index in [9.17, 15) is 10.5 Å². The highest BCUT2D eigenvalue weighted by atomic mass is 15.0. The predicted molar refractivity (Wildman–Crippen MR) is 210 cm³/mol. The van der Waals surface area contributed by atoms with Gasteiger partial charge in [0.2, 0.25) is 0 Å². The minimum absolute atomic E-state index is 0.378. The SMILES string of the molecule is [C-]#[N+]c1ccc(-c2ccc3c(c2)c2cc(-c4ccc(C#N)cc4[N+]#[C-])ccc2n3-c2ccc(-c3nc(C)nc(C)n3)cc2-c2nc(C)nc(C)n2)c(C#N)c1. The third-order valence-corrected chi connectivity index (χ3v) is 9.34. The Morgan fingerprint density at radius 1 is 0.527 bits per heavy atom. The molecule has 11 nitrogen and oxygen atoms in total. The van der Waals surface area contributed by atoms with Crippen LogP contribution in [0.2, 0.25) is 0 Å². The third-order valence-electron chi connectivity index (χ3n) is 9.34. The molecule has 8 aromatic rings. The second-order valence-corrected chi connectivity index (χ2v) is 12.9. The summed E-state index contributed by atoms with van der Waals surface area (Å²) in [6.45, 7) is 22.7. The normalized spacial score (nSPS) is 10.8. The third kappa shape index (κ3) is 6.05. The Labute approximate surface area is 316 Å². The van der Waals surface area contributed by atoms with Crippen LogP contribution in [0.25, 0.3) is 82.2 Å². The van der Waals surface area contributed by atoms with Gasteiger partial charge in [0.15, 0.2) is 23.0 Å². The van der Waals surface area contributed by atoms with Gasteiger partial charge in [0.1, 0.15) is 23.3 Å². The molecule has 0 saturated carbocycles. The fourth-order valence-electron chi connectivity index (χ4n) is 7.03. The van der Waals surface area contributed by atoms with E-state index < -0.39 is 0 Å². The molecule has 0 unspecified atom stereocenters. The molecule has 55 heavy (non-hydrogen) atoms. The van der Waals surface area contributed by atoms with Crippen LogP contribution in [0.15, 0.2) is 91.0 Å². The van der Waals surface area contributed by atoms with Crippen LogP contribution in [0.3, 0.4) is 0 Å². The van der Waals surface area contributed by atoms with Crippen LogP contribution in [-0.4, -0.2) is 34.5 Å². The Balaban J connectivity index is 1.45. The van der Waals surface area contributed by atoms with Crippen LogP contribution in [0.4, 0.5) is 11.4 Å². The lowest BCUT2D eigenvalue weighted by Gasteiger charge is -2.15. The highest BCUT2D eigenvalue weighted by Crippen LogP contribution is 2.42. The van der Waals surface area contributed by atoms with Gasteiger partial charge in [-0.15, -0.1) is 0 Å². The topological polar surface area (TPSA) is 139 Å². The number of hydrogen-bond acceptors (Lipinski definition) is 8. The molecule has 0 amide bonds. The Bertz CT molecular complexity index is 2920. The summed E-state index contributed by atoms with van der Waals surface area (Å²) in [5.74, 6) is 3.41. The molecule has 0 aliphatic carbocycles. The maximum Gasteiger partial charge on any atom is 0.196 e. The average Bonchev–Trinajstić information content (AvgIpc) is 3.52. The van der Waals surface area contributed by atoms with E-state index in [0.29, 0.717) is 68.6 Å². The van der Waals surface area contributed by atoms with E-state index in [4.69, 9.17) is 23.1 Å². The van der Waals surface area contributed by atoms with Crippen molar-refractivity contribution < 1.29 is 0 Å². The highest BCUT2D eigenvalue weighted by Gasteiger charge is 2.21. The fourth-order valence-corrected chi connectivity index (χ4v) is 7.03. The zero-order valence-corrected chi connectivity index (χ0v) is 30.1. The van der Waals surface area contributed by atoms with Gasteiger partial charge in [-0.3, -0.25) is 0 Å². The van der Waals surface area contributed by atoms with Crippen LogP contribution in [0, 0.1) is 63.5 Å². The molecular formula is C44H27N11. The number of nitriles is 2. The number of rotatable bonds is 5. The number of nitrogens with zero attached hydrogens (tertiary/aromatic N) is 11. The predicted octanol–water partition coefficient (Wildman–Crippen LogP) is 9.90. The maximum absolute atomic E-state index is 10.1. The summed E-state index contributed by atoms with van der Waals surface area (Å²) in [4.78, 5) is 34.9. The van der Waals surface area contributed by atoms with Crippen molar-refractivity contribution in [2.75, 3.05) is 0 Å². The van der Waals surface area contributed by atoms with Crippen LogP contribution >= 0.6 is 0 Å². The van der Waals surface area contributed by atoms with Gasteiger partial charge in [0.25, 0.3) is 0 Å². The molecule has 0 N–H and O–H groups in total. The Hall–Kier alpha value is -8.12. The molecule has 0 aliphatic heterocycles. The first-order valence-electron chi connectivity index (χ1n) is 17.1. The summed E-state index contributed by atoms with van der Waals surface area (Å²) < 4.78 is 2.16. The Morgan fingerprint density at radius 2 is 1.11 bits per heavy atom. The molecule has 0 bridgehead atoms. The van der Waals surface area contributed by atoms with Crippen LogP contribution in [0.1, 0.15) is 34.4 Å². The van der Waals surface area contributed by atoms with Crippen molar-refractivity contribution in [2.45, 2.75) is 27.7 Å². The summed E-state index contributed by atoms with van der Waals surface area (Å²) in [6.07, 6.45) is 0. The average molecular weight is 710 g/mol. The van der Waals surface area contributed by atoms with Crippen molar-refractivity contribution in [1.82, 2.24) is 34.5 Å². The molecule has 258 valence electrons. The second-order valence-electron chi connectivity index (χ2n) is 12.9. The minimum atomic E-state index is 0.378. The largest absolute Gasteiger partial charge is 0.308 e. The highest BCUT2D eigenvalue weighted by molar-refractivity contribution is 6.12. The van der Waals surface area contributed by atoms with E-state index >= 15 is 0 Å².